The maximum absolute atomic E-state index is 12.5. The lowest BCUT2D eigenvalue weighted by Crippen LogP contribution is -2.55. The molecule has 2 aliphatic rings. The Kier molecular flexibility index (Phi) is 6.41. The number of hydrogen-bond donors (Lipinski definition) is 1. The van der Waals surface area contributed by atoms with Crippen molar-refractivity contribution in [2.75, 3.05) is 51.7 Å². The van der Waals surface area contributed by atoms with E-state index in [1.807, 2.05) is 16.7 Å². The van der Waals surface area contributed by atoms with Crippen LogP contribution in [0.3, 0.4) is 0 Å². The molecule has 22 heavy (non-hydrogen) atoms. The summed E-state index contributed by atoms with van der Waals surface area (Å²) >= 11 is 1.95. The van der Waals surface area contributed by atoms with Crippen LogP contribution in [0.15, 0.2) is 0 Å². The first-order valence-electron chi connectivity index (χ1n) is 8.37. The first kappa shape index (κ1) is 17.9. The molecule has 6 heteroatoms. The second-order valence-corrected chi connectivity index (χ2v) is 8.98. The van der Waals surface area contributed by atoms with Gasteiger partial charge >= 0.3 is 6.03 Å². The Morgan fingerprint density at radius 1 is 1.27 bits per heavy atom. The molecule has 0 bridgehead atoms. The van der Waals surface area contributed by atoms with E-state index in [4.69, 9.17) is 4.74 Å². The lowest BCUT2D eigenvalue weighted by Gasteiger charge is -2.39. The summed E-state index contributed by atoms with van der Waals surface area (Å²) in [4.78, 5) is 16.9. The zero-order chi connectivity index (χ0) is 16.2. The standard InChI is InChI=1S/C16H31N3O2S/c1-13(2)14(18-5-8-21-9-6-18)11-17-15(20)19-7-10-22-16(3,4)12-19/h13-14H,5-12H2,1-4H3,(H,17,20)/t14-/m0/s1. The van der Waals surface area contributed by atoms with E-state index < -0.39 is 0 Å². The smallest absolute Gasteiger partial charge is 0.317 e. The molecule has 0 aliphatic carbocycles. The van der Waals surface area contributed by atoms with Gasteiger partial charge in [-0.15, -0.1) is 0 Å². The van der Waals surface area contributed by atoms with Crippen LogP contribution in [0.4, 0.5) is 4.79 Å². The van der Waals surface area contributed by atoms with Crippen LogP contribution in [0.1, 0.15) is 27.7 Å². The quantitative estimate of drug-likeness (QED) is 0.855. The highest BCUT2D eigenvalue weighted by molar-refractivity contribution is 8.00. The third-order valence-electron chi connectivity index (χ3n) is 4.46. The van der Waals surface area contributed by atoms with Gasteiger partial charge in [-0.2, -0.15) is 11.8 Å². The Labute approximate surface area is 139 Å². The molecule has 0 spiro atoms. The van der Waals surface area contributed by atoms with Crippen molar-refractivity contribution < 1.29 is 9.53 Å². The van der Waals surface area contributed by atoms with E-state index in [9.17, 15) is 4.79 Å². The fourth-order valence-corrected chi connectivity index (χ4v) is 4.30. The molecule has 2 aliphatic heterocycles. The van der Waals surface area contributed by atoms with Crippen molar-refractivity contribution >= 4 is 17.8 Å². The summed E-state index contributed by atoms with van der Waals surface area (Å²) in [7, 11) is 0. The van der Waals surface area contributed by atoms with Crippen LogP contribution in [0.25, 0.3) is 0 Å². The second-order valence-electron chi connectivity index (χ2n) is 7.18. The van der Waals surface area contributed by atoms with Gasteiger partial charge in [0.15, 0.2) is 0 Å². The summed E-state index contributed by atoms with van der Waals surface area (Å²) < 4.78 is 5.60. The average Bonchev–Trinajstić information content (AvgIpc) is 2.47. The zero-order valence-corrected chi connectivity index (χ0v) is 15.2. The Morgan fingerprint density at radius 2 is 1.95 bits per heavy atom. The lowest BCUT2D eigenvalue weighted by atomic mass is 10.0. The Balaban J connectivity index is 1.84. The molecule has 0 aromatic carbocycles. The number of hydrogen-bond acceptors (Lipinski definition) is 4. The van der Waals surface area contributed by atoms with Crippen LogP contribution in [-0.4, -0.2) is 78.3 Å². The van der Waals surface area contributed by atoms with Gasteiger partial charge in [-0.3, -0.25) is 4.90 Å². The molecule has 0 radical (unpaired) electrons. The molecular weight excluding hydrogens is 298 g/mol. The van der Waals surface area contributed by atoms with Crippen molar-refractivity contribution in [2.45, 2.75) is 38.5 Å². The number of morpholine rings is 1. The zero-order valence-electron chi connectivity index (χ0n) is 14.4. The van der Waals surface area contributed by atoms with E-state index in [2.05, 4.69) is 37.9 Å². The minimum Gasteiger partial charge on any atom is -0.379 e. The number of thioether (sulfide) groups is 1. The highest BCUT2D eigenvalue weighted by atomic mass is 32.2. The van der Waals surface area contributed by atoms with Crippen LogP contribution in [0.5, 0.6) is 0 Å². The molecule has 5 nitrogen and oxygen atoms in total. The number of nitrogens with zero attached hydrogens (tertiary/aromatic N) is 2. The molecule has 2 amide bonds. The summed E-state index contributed by atoms with van der Waals surface area (Å²) in [5.41, 5.74) is 0. The van der Waals surface area contributed by atoms with Crippen LogP contribution >= 0.6 is 11.8 Å². The summed E-state index contributed by atoms with van der Waals surface area (Å²) in [5.74, 6) is 1.55. The number of ether oxygens (including phenoxy) is 1. The Hall–Kier alpha value is -0.460. The molecule has 128 valence electrons. The summed E-state index contributed by atoms with van der Waals surface area (Å²) in [6.45, 7) is 14.8. The molecule has 2 fully saturated rings. The van der Waals surface area contributed by atoms with E-state index >= 15 is 0 Å². The van der Waals surface area contributed by atoms with Crippen molar-refractivity contribution in [1.29, 1.82) is 0 Å². The molecule has 2 rings (SSSR count). The van der Waals surface area contributed by atoms with E-state index in [1.165, 1.54) is 0 Å². The van der Waals surface area contributed by atoms with Crippen molar-refractivity contribution in [1.82, 2.24) is 15.1 Å². The SMILES string of the molecule is CC(C)[C@H](CNC(=O)N1CCSC(C)(C)C1)N1CCOCC1. The van der Waals surface area contributed by atoms with E-state index in [1.54, 1.807) is 0 Å². The third kappa shape index (κ3) is 5.03. The Morgan fingerprint density at radius 3 is 2.55 bits per heavy atom. The number of amides is 2. The monoisotopic (exact) mass is 329 g/mol. The van der Waals surface area contributed by atoms with Gasteiger partial charge in [0.05, 0.1) is 13.2 Å². The normalized spacial score (nSPS) is 24.3. The van der Waals surface area contributed by atoms with Gasteiger partial charge in [0, 0.05) is 49.3 Å². The molecule has 2 saturated heterocycles. The van der Waals surface area contributed by atoms with Crippen molar-refractivity contribution in [3.8, 4) is 0 Å². The van der Waals surface area contributed by atoms with Crippen LogP contribution < -0.4 is 5.32 Å². The first-order valence-corrected chi connectivity index (χ1v) is 9.36. The summed E-state index contributed by atoms with van der Waals surface area (Å²) in [6, 6.07) is 0.479. The predicted octanol–water partition coefficient (Wildman–Crippen LogP) is 1.88. The molecule has 1 atom stereocenters. The van der Waals surface area contributed by atoms with E-state index in [0.717, 1.165) is 51.7 Å². The topological polar surface area (TPSA) is 44.8 Å². The van der Waals surface area contributed by atoms with Gasteiger partial charge < -0.3 is 15.0 Å². The molecule has 0 aromatic heterocycles. The average molecular weight is 330 g/mol. The number of carbonyl (C=O) groups is 1. The van der Waals surface area contributed by atoms with Gasteiger partial charge in [0.1, 0.15) is 0 Å². The molecule has 0 unspecified atom stereocenters. The van der Waals surface area contributed by atoms with Crippen LogP contribution in [-0.2, 0) is 4.74 Å². The minimum atomic E-state index is 0.0901. The van der Waals surface area contributed by atoms with Crippen molar-refractivity contribution in [3.63, 3.8) is 0 Å². The fourth-order valence-electron chi connectivity index (χ4n) is 3.19. The van der Waals surface area contributed by atoms with E-state index in [0.29, 0.717) is 12.0 Å². The number of carbonyl (C=O) groups excluding carboxylic acids is 1. The van der Waals surface area contributed by atoms with Gasteiger partial charge in [0.2, 0.25) is 0 Å². The van der Waals surface area contributed by atoms with E-state index in [-0.39, 0.29) is 10.8 Å². The second kappa shape index (κ2) is 7.88. The molecule has 0 aromatic rings. The molecule has 1 N–H and O–H groups in total. The maximum Gasteiger partial charge on any atom is 0.317 e. The number of nitrogens with one attached hydrogen (secondary N) is 1. The van der Waals surface area contributed by atoms with Gasteiger partial charge in [-0.05, 0) is 19.8 Å². The van der Waals surface area contributed by atoms with Gasteiger partial charge in [-0.1, -0.05) is 13.8 Å². The van der Waals surface area contributed by atoms with Gasteiger partial charge in [0.25, 0.3) is 0 Å². The Bertz CT molecular complexity index is 370. The number of rotatable bonds is 4. The molecule has 0 saturated carbocycles. The van der Waals surface area contributed by atoms with Crippen LogP contribution in [0.2, 0.25) is 0 Å². The van der Waals surface area contributed by atoms with Crippen molar-refractivity contribution in [3.05, 3.63) is 0 Å². The predicted molar refractivity (Wildman–Crippen MR) is 92.5 cm³/mol. The summed E-state index contributed by atoms with van der Waals surface area (Å²) in [6.07, 6.45) is 0. The highest BCUT2D eigenvalue weighted by Crippen LogP contribution is 2.29. The maximum atomic E-state index is 12.5. The molecular formula is C16H31N3O2S. The number of urea groups is 1. The highest BCUT2D eigenvalue weighted by Gasteiger charge is 2.30. The lowest BCUT2D eigenvalue weighted by molar-refractivity contribution is 0.00693. The third-order valence-corrected chi connectivity index (χ3v) is 5.76. The minimum absolute atomic E-state index is 0.0901. The molecule has 2 heterocycles. The summed E-state index contributed by atoms with van der Waals surface area (Å²) in [5, 5.41) is 3.16. The van der Waals surface area contributed by atoms with Crippen molar-refractivity contribution in [2.24, 2.45) is 5.92 Å². The largest absolute Gasteiger partial charge is 0.379 e. The fraction of sp³-hybridized carbons (Fsp3) is 0.938. The van der Waals surface area contributed by atoms with Crippen LogP contribution in [0, 0.1) is 5.92 Å². The first-order chi connectivity index (χ1) is 10.4. The van der Waals surface area contributed by atoms with Gasteiger partial charge in [-0.25, -0.2) is 4.79 Å².